The summed E-state index contributed by atoms with van der Waals surface area (Å²) in [4.78, 5) is 3.89. The van der Waals surface area contributed by atoms with E-state index in [9.17, 15) is 0 Å². The first kappa shape index (κ1) is 9.25. The Morgan fingerprint density at radius 3 is 2.92 bits per heavy atom. The van der Waals surface area contributed by atoms with Gasteiger partial charge in [0, 0.05) is 18.0 Å². The van der Waals surface area contributed by atoms with Crippen molar-refractivity contribution >= 4 is 0 Å². The number of nitrogens with one attached hydrogen (secondary N) is 1. The van der Waals surface area contributed by atoms with Crippen LogP contribution in [0.2, 0.25) is 0 Å². The highest BCUT2D eigenvalue weighted by Crippen LogP contribution is 1.98. The Balaban J connectivity index is 2.81. The lowest BCUT2D eigenvalue weighted by Crippen LogP contribution is -2.04. The molecule has 0 amide bonds. The van der Waals surface area contributed by atoms with E-state index in [0.29, 0.717) is 12.1 Å². The maximum Gasteiger partial charge on any atom is 0.101 e. The van der Waals surface area contributed by atoms with Gasteiger partial charge in [-0.05, 0) is 13.1 Å². The molecule has 0 aliphatic carbocycles. The molecule has 1 aromatic heterocycles. The Labute approximate surface area is 77.4 Å². The molecule has 0 unspecified atom stereocenters. The Bertz CT molecular complexity index is 379. The summed E-state index contributed by atoms with van der Waals surface area (Å²) in [6.07, 6.45) is 3.16. The van der Waals surface area contributed by atoms with Crippen LogP contribution in [-0.4, -0.2) is 18.6 Å². The second kappa shape index (κ2) is 4.92. The fourth-order valence-corrected chi connectivity index (χ4v) is 0.804. The lowest BCUT2D eigenvalue weighted by atomic mass is 10.2. The van der Waals surface area contributed by atoms with Gasteiger partial charge in [0.2, 0.25) is 0 Å². The van der Waals surface area contributed by atoms with Crippen LogP contribution in [0.15, 0.2) is 18.5 Å². The number of nitrogens with zero attached hydrogens (tertiary/aromatic N) is 2. The fourth-order valence-electron chi connectivity index (χ4n) is 0.804. The first-order valence-electron chi connectivity index (χ1n) is 3.85. The van der Waals surface area contributed by atoms with Crippen LogP contribution in [0.5, 0.6) is 0 Å². The van der Waals surface area contributed by atoms with Gasteiger partial charge in [-0.25, -0.2) is 0 Å². The number of pyridine rings is 1. The summed E-state index contributed by atoms with van der Waals surface area (Å²) in [6.45, 7) is 0.636. The van der Waals surface area contributed by atoms with Crippen LogP contribution in [0.25, 0.3) is 0 Å². The number of aromatic nitrogens is 1. The smallest absolute Gasteiger partial charge is 0.101 e. The quantitative estimate of drug-likeness (QED) is 0.627. The summed E-state index contributed by atoms with van der Waals surface area (Å²) in [6, 6.07) is 3.73. The molecule has 0 aliphatic heterocycles. The summed E-state index contributed by atoms with van der Waals surface area (Å²) in [5.74, 6) is 5.79. The highest BCUT2D eigenvalue weighted by molar-refractivity contribution is 5.38. The molecule has 0 saturated heterocycles. The van der Waals surface area contributed by atoms with Crippen molar-refractivity contribution in [2.75, 3.05) is 13.6 Å². The number of nitriles is 1. The van der Waals surface area contributed by atoms with E-state index in [1.54, 1.807) is 12.3 Å². The summed E-state index contributed by atoms with van der Waals surface area (Å²) in [5.41, 5.74) is 1.31. The Hall–Kier alpha value is -1.84. The molecule has 1 N–H and O–H groups in total. The highest BCUT2D eigenvalue weighted by atomic mass is 14.8. The molecule has 0 radical (unpaired) electrons. The molecular weight excluding hydrogens is 162 g/mol. The SMILES string of the molecule is CNCC#Cc1cncc(C#N)c1. The van der Waals surface area contributed by atoms with Gasteiger partial charge in [0.15, 0.2) is 0 Å². The number of hydrogen-bond acceptors (Lipinski definition) is 3. The van der Waals surface area contributed by atoms with Crippen LogP contribution in [0.3, 0.4) is 0 Å². The van der Waals surface area contributed by atoms with Crippen molar-refractivity contribution in [2.45, 2.75) is 0 Å². The molecule has 0 aliphatic rings. The molecule has 0 fully saturated rings. The zero-order chi connectivity index (χ0) is 9.52. The van der Waals surface area contributed by atoms with Crippen molar-refractivity contribution in [2.24, 2.45) is 0 Å². The molecule has 3 nitrogen and oxygen atoms in total. The van der Waals surface area contributed by atoms with Gasteiger partial charge in [-0.15, -0.1) is 0 Å². The van der Waals surface area contributed by atoms with Gasteiger partial charge in [0.25, 0.3) is 0 Å². The van der Waals surface area contributed by atoms with Crippen molar-refractivity contribution in [3.63, 3.8) is 0 Å². The van der Waals surface area contributed by atoms with E-state index in [-0.39, 0.29) is 0 Å². The molecule has 0 atom stereocenters. The van der Waals surface area contributed by atoms with Gasteiger partial charge in [-0.3, -0.25) is 4.98 Å². The normalized spacial score (nSPS) is 8.31. The van der Waals surface area contributed by atoms with E-state index < -0.39 is 0 Å². The summed E-state index contributed by atoms with van der Waals surface area (Å²) in [7, 11) is 1.83. The molecule has 1 rings (SSSR count). The molecule has 0 aromatic carbocycles. The molecule has 1 heterocycles. The molecule has 1 aromatic rings. The fraction of sp³-hybridized carbons (Fsp3) is 0.200. The third kappa shape index (κ3) is 2.94. The average molecular weight is 171 g/mol. The monoisotopic (exact) mass is 171 g/mol. The van der Waals surface area contributed by atoms with Crippen LogP contribution >= 0.6 is 0 Å². The minimum Gasteiger partial charge on any atom is -0.309 e. The molecule has 0 spiro atoms. The average Bonchev–Trinajstić information content (AvgIpc) is 2.19. The predicted octanol–water partition coefficient (Wildman–Crippen LogP) is 0.524. The second-order valence-electron chi connectivity index (χ2n) is 2.41. The van der Waals surface area contributed by atoms with Gasteiger partial charge in [-0.1, -0.05) is 11.8 Å². The summed E-state index contributed by atoms with van der Waals surface area (Å²) >= 11 is 0. The number of hydrogen-bond donors (Lipinski definition) is 1. The molecular formula is C10H9N3. The zero-order valence-corrected chi connectivity index (χ0v) is 7.33. The molecule has 3 heteroatoms. The standard InChI is InChI=1S/C10H9N3/c1-12-4-2-3-9-5-10(6-11)8-13-7-9/h5,7-8,12H,4H2,1H3. The summed E-state index contributed by atoms with van der Waals surface area (Å²) < 4.78 is 0. The Kier molecular flexibility index (Phi) is 3.50. The predicted molar refractivity (Wildman–Crippen MR) is 49.8 cm³/mol. The van der Waals surface area contributed by atoms with Gasteiger partial charge in [-0.2, -0.15) is 5.26 Å². The van der Waals surface area contributed by atoms with E-state index >= 15 is 0 Å². The maximum absolute atomic E-state index is 8.58. The lowest BCUT2D eigenvalue weighted by Gasteiger charge is -1.89. The van der Waals surface area contributed by atoms with Gasteiger partial charge in [0.1, 0.15) is 6.07 Å². The van der Waals surface area contributed by atoms with Crippen LogP contribution in [0.1, 0.15) is 11.1 Å². The first-order valence-corrected chi connectivity index (χ1v) is 3.85. The summed E-state index contributed by atoms with van der Waals surface area (Å²) in [5, 5.41) is 11.5. The van der Waals surface area contributed by atoms with E-state index in [0.717, 1.165) is 5.56 Å². The van der Waals surface area contributed by atoms with Gasteiger partial charge >= 0.3 is 0 Å². The largest absolute Gasteiger partial charge is 0.309 e. The Morgan fingerprint density at radius 1 is 1.46 bits per heavy atom. The van der Waals surface area contributed by atoms with Crippen molar-refractivity contribution in [1.29, 1.82) is 5.26 Å². The van der Waals surface area contributed by atoms with Gasteiger partial charge in [0.05, 0.1) is 12.1 Å². The topological polar surface area (TPSA) is 48.7 Å². The number of rotatable bonds is 1. The molecule has 0 saturated carbocycles. The minimum atomic E-state index is 0.538. The maximum atomic E-state index is 8.58. The van der Waals surface area contributed by atoms with E-state index in [4.69, 9.17) is 5.26 Å². The van der Waals surface area contributed by atoms with E-state index in [2.05, 4.69) is 22.1 Å². The molecule has 0 bridgehead atoms. The van der Waals surface area contributed by atoms with Crippen LogP contribution < -0.4 is 5.32 Å². The van der Waals surface area contributed by atoms with Crippen LogP contribution in [0.4, 0.5) is 0 Å². The third-order valence-corrected chi connectivity index (χ3v) is 1.37. The van der Waals surface area contributed by atoms with E-state index in [1.165, 1.54) is 6.20 Å². The minimum absolute atomic E-state index is 0.538. The third-order valence-electron chi connectivity index (χ3n) is 1.37. The van der Waals surface area contributed by atoms with Crippen molar-refractivity contribution < 1.29 is 0 Å². The van der Waals surface area contributed by atoms with Gasteiger partial charge < -0.3 is 5.32 Å². The van der Waals surface area contributed by atoms with Crippen molar-refractivity contribution in [3.8, 4) is 17.9 Å². The van der Waals surface area contributed by atoms with Crippen LogP contribution in [-0.2, 0) is 0 Å². The lowest BCUT2D eigenvalue weighted by molar-refractivity contribution is 0.938. The zero-order valence-electron chi connectivity index (χ0n) is 7.33. The first-order chi connectivity index (χ1) is 6.36. The molecule has 64 valence electrons. The van der Waals surface area contributed by atoms with Crippen LogP contribution in [0, 0.1) is 23.2 Å². The highest BCUT2D eigenvalue weighted by Gasteiger charge is 1.90. The van der Waals surface area contributed by atoms with E-state index in [1.807, 2.05) is 13.1 Å². The van der Waals surface area contributed by atoms with Crippen molar-refractivity contribution in [1.82, 2.24) is 10.3 Å². The van der Waals surface area contributed by atoms with Crippen molar-refractivity contribution in [3.05, 3.63) is 29.6 Å². The second-order valence-corrected chi connectivity index (χ2v) is 2.41. The Morgan fingerprint density at radius 2 is 2.23 bits per heavy atom. The molecule has 13 heavy (non-hydrogen) atoms.